The molecule has 0 radical (unpaired) electrons. The molecule has 0 unspecified atom stereocenters. The summed E-state index contributed by atoms with van der Waals surface area (Å²) < 4.78 is 71.8. The van der Waals surface area contributed by atoms with Crippen LogP contribution in [0.4, 0.5) is 0 Å². The molecule has 0 spiro atoms. The van der Waals surface area contributed by atoms with Gasteiger partial charge in [-0.1, -0.05) is 0 Å². The van der Waals surface area contributed by atoms with Crippen LogP contribution in [0.5, 0.6) is 5.75 Å². The summed E-state index contributed by atoms with van der Waals surface area (Å²) in [6.45, 7) is -0.846. The second kappa shape index (κ2) is 21.3. The predicted molar refractivity (Wildman–Crippen MR) is 209 cm³/mol. The van der Waals surface area contributed by atoms with Crippen LogP contribution in [-0.4, -0.2) is 254 Å². The van der Waals surface area contributed by atoms with Crippen molar-refractivity contribution in [1.82, 2.24) is 0 Å². The largest absolute Gasteiger partial charge is 0.462 e. The lowest BCUT2D eigenvalue weighted by atomic mass is 10.0. The Hall–Kier alpha value is -2.73. The van der Waals surface area contributed by atoms with Crippen molar-refractivity contribution in [2.75, 3.05) is 39.6 Å². The van der Waals surface area contributed by atoms with Crippen LogP contribution in [0, 0.1) is 6.92 Å². The van der Waals surface area contributed by atoms with E-state index in [0.717, 1.165) is 0 Å². The van der Waals surface area contributed by atoms with Crippen LogP contribution in [0.3, 0.4) is 0 Å². The van der Waals surface area contributed by atoms with Gasteiger partial charge in [-0.3, -0.25) is 0 Å². The molecule has 2 aromatic rings. The van der Waals surface area contributed by atoms with Gasteiger partial charge in [-0.2, -0.15) is 0 Å². The van der Waals surface area contributed by atoms with Crippen molar-refractivity contribution in [1.29, 1.82) is 0 Å². The van der Waals surface area contributed by atoms with Gasteiger partial charge < -0.3 is 128 Å². The van der Waals surface area contributed by atoms with Gasteiger partial charge in [-0.25, -0.2) is 4.79 Å². The number of rotatable bonds is 12. The first kappa shape index (κ1) is 50.7. The zero-order chi connectivity index (χ0) is 48.0. The summed E-state index contributed by atoms with van der Waals surface area (Å²) in [4.78, 5) is 11.8. The molecule has 6 saturated heterocycles. The first-order valence-corrected chi connectivity index (χ1v) is 21.4. The summed E-state index contributed by atoms with van der Waals surface area (Å²) in [5, 5.41) is 139. The molecule has 13 N–H and O–H groups in total. The maximum Gasteiger partial charge on any atom is 0.336 e. The fourth-order valence-corrected chi connectivity index (χ4v) is 8.29. The van der Waals surface area contributed by atoms with E-state index in [1.54, 1.807) is 19.1 Å². The molecule has 1 aromatic carbocycles. The van der Waals surface area contributed by atoms with Crippen molar-refractivity contribution in [2.24, 2.45) is 0 Å². The number of hydrogen-bond acceptors (Lipinski definition) is 27. The zero-order valence-electron chi connectivity index (χ0n) is 35.4. The summed E-state index contributed by atoms with van der Waals surface area (Å²) in [5.74, 6) is 0.167. The number of hydrogen-bond donors (Lipinski definition) is 13. The van der Waals surface area contributed by atoms with Gasteiger partial charge in [0.2, 0.25) is 6.29 Å². The normalized spacial score (nSPS) is 46.6. The van der Waals surface area contributed by atoms with E-state index in [1.807, 2.05) is 0 Å². The molecule has 0 bridgehead atoms. The Labute approximate surface area is 378 Å². The molecule has 27 nitrogen and oxygen atoms in total. The number of aliphatic hydroxyl groups excluding tert-OH is 13. The highest BCUT2D eigenvalue weighted by molar-refractivity contribution is 5.81. The lowest BCUT2D eigenvalue weighted by molar-refractivity contribution is -0.364. The quantitative estimate of drug-likeness (QED) is 0.0879. The van der Waals surface area contributed by atoms with Gasteiger partial charge in [0.05, 0.1) is 39.6 Å². The van der Waals surface area contributed by atoms with Crippen LogP contribution in [0.25, 0.3) is 11.0 Å². The molecule has 6 fully saturated rings. The second-order valence-corrected chi connectivity index (χ2v) is 17.1. The van der Waals surface area contributed by atoms with Gasteiger partial charge in [-0.05, 0) is 24.6 Å². The third kappa shape index (κ3) is 10.8. The van der Waals surface area contributed by atoms with E-state index in [2.05, 4.69) is 0 Å². The third-order valence-electron chi connectivity index (χ3n) is 12.3. The number of ether oxygens (including phenoxy) is 12. The molecule has 378 valence electrons. The highest BCUT2D eigenvalue weighted by Crippen LogP contribution is 2.32. The lowest BCUT2D eigenvalue weighted by Gasteiger charge is -2.45. The van der Waals surface area contributed by atoms with E-state index in [-0.39, 0.29) is 24.5 Å². The highest BCUT2D eigenvalue weighted by atomic mass is 16.8. The van der Waals surface area contributed by atoms with Crippen molar-refractivity contribution >= 4 is 11.0 Å². The molecule has 0 saturated carbocycles. The van der Waals surface area contributed by atoms with Crippen molar-refractivity contribution in [3.63, 3.8) is 0 Å². The van der Waals surface area contributed by atoms with E-state index < -0.39 is 180 Å². The first-order chi connectivity index (χ1) is 31.9. The van der Waals surface area contributed by atoms with Crippen LogP contribution < -0.4 is 10.4 Å². The number of aryl methyl sites for hydroxylation is 1. The maximum absolute atomic E-state index is 11.8. The fraction of sp³-hybridized carbons (Fsp3) is 0.775. The highest BCUT2D eigenvalue weighted by Gasteiger charge is 2.51. The first-order valence-electron chi connectivity index (χ1n) is 21.4. The smallest absolute Gasteiger partial charge is 0.336 e. The Morgan fingerprint density at radius 1 is 0.418 bits per heavy atom. The van der Waals surface area contributed by atoms with Gasteiger partial charge in [0.1, 0.15) is 121 Å². The molecule has 0 amide bonds. The van der Waals surface area contributed by atoms with E-state index in [0.29, 0.717) is 10.9 Å². The fourth-order valence-electron chi connectivity index (χ4n) is 8.29. The van der Waals surface area contributed by atoms with Crippen LogP contribution in [-0.2, 0) is 52.1 Å². The van der Waals surface area contributed by atoms with Crippen LogP contribution in [0.2, 0.25) is 0 Å². The summed E-state index contributed by atoms with van der Waals surface area (Å²) in [5.41, 5.74) is 0.354. The molecule has 0 aliphatic carbocycles. The molecule has 1 aromatic heterocycles. The zero-order valence-corrected chi connectivity index (χ0v) is 35.4. The molecule has 67 heavy (non-hydrogen) atoms. The van der Waals surface area contributed by atoms with Gasteiger partial charge in [0.25, 0.3) is 0 Å². The Bertz CT molecular complexity index is 1990. The standard InChI is InChI=1S/C40H56O27/c1-12-4-22(42)62-16-5-13(2-3-14(12)16)61-35-30(50)24(44)17(7-56-35)64-37-32(52)26(46)19(9-58-37)66-39-34(54)28(48)21(11-60-39)67-40-33(53)27(47)20(10-59-40)65-38-31(51)25(45)18(8-57-38)63-36-29(49)23(43)15(41)6-55-36/h2-5,15,17-21,23-41,43-54H,6-11H2,1H3/t15-,17-,18-,19-,20-,21-,23+,24+,25+,26+,27+,28+,29-,30-,31-,32-,33-,34-,35+,36+,37+,38+,39+,40+/m1/s1. The molecule has 6 aliphatic heterocycles. The van der Waals surface area contributed by atoms with E-state index in [1.165, 1.54) is 12.1 Å². The number of fused-ring (bicyclic) bond motifs is 1. The summed E-state index contributed by atoms with van der Waals surface area (Å²) in [6, 6.07) is 5.98. The van der Waals surface area contributed by atoms with Crippen molar-refractivity contribution in [3.8, 4) is 5.75 Å². The van der Waals surface area contributed by atoms with Crippen molar-refractivity contribution in [3.05, 3.63) is 40.2 Å². The average molecular weight is 969 g/mol. The Morgan fingerprint density at radius 2 is 0.746 bits per heavy atom. The minimum absolute atomic E-state index is 0.167. The molecule has 7 heterocycles. The van der Waals surface area contributed by atoms with Crippen molar-refractivity contribution in [2.45, 2.75) is 155 Å². The van der Waals surface area contributed by atoms with Gasteiger partial charge >= 0.3 is 5.63 Å². The monoisotopic (exact) mass is 968 g/mol. The summed E-state index contributed by atoms with van der Waals surface area (Å²) in [7, 11) is 0. The third-order valence-corrected chi connectivity index (χ3v) is 12.3. The van der Waals surface area contributed by atoms with Gasteiger partial charge in [-0.15, -0.1) is 0 Å². The summed E-state index contributed by atoms with van der Waals surface area (Å²) in [6.07, 6.45) is -38.1. The molecule has 24 atom stereocenters. The maximum atomic E-state index is 11.8. The Morgan fingerprint density at radius 3 is 1.13 bits per heavy atom. The van der Waals surface area contributed by atoms with E-state index in [4.69, 9.17) is 61.3 Å². The summed E-state index contributed by atoms with van der Waals surface area (Å²) >= 11 is 0. The van der Waals surface area contributed by atoms with Crippen LogP contribution in [0.15, 0.2) is 33.5 Å². The molecular weight excluding hydrogens is 912 g/mol. The van der Waals surface area contributed by atoms with E-state index >= 15 is 0 Å². The molecular formula is C40H56O27. The van der Waals surface area contributed by atoms with Crippen molar-refractivity contribution < 1.29 is 128 Å². The molecule has 8 rings (SSSR count). The Balaban J connectivity index is 0.762. The predicted octanol–water partition coefficient (Wildman–Crippen LogP) is -7.76. The van der Waals surface area contributed by atoms with Crippen LogP contribution in [0.1, 0.15) is 5.56 Å². The average Bonchev–Trinajstić information content (AvgIpc) is 3.30. The van der Waals surface area contributed by atoms with Gasteiger partial charge in [0.15, 0.2) is 31.5 Å². The topological polar surface area (TPSA) is 404 Å². The molecule has 27 heteroatoms. The lowest BCUT2D eigenvalue weighted by Crippen LogP contribution is -2.63. The molecule has 6 aliphatic rings. The minimum Gasteiger partial charge on any atom is -0.462 e. The Kier molecular flexibility index (Phi) is 16.1. The SMILES string of the molecule is Cc1cc(=O)oc2cc(O[C@@H]3OC[C@@H](O[C@@H]4OC[C@@H](O[C@@H]5OC[C@@H](O[C@@H]6OC[C@@H](O[C@@H]7OC[C@@H](O[C@@H]8OC[C@@H](O)[C@H](O)[C@H]8O)[C@H](O)[C@H]7O)[C@H](O)[C@H]6O)[C@H](O)[C@H]5O)[C@H](O)[C@H]4O)[C@H](O)[C@H]3O)ccc12. The number of benzene rings is 1. The number of aliphatic hydroxyl groups is 13. The minimum atomic E-state index is -1.85. The van der Waals surface area contributed by atoms with E-state index in [9.17, 15) is 71.2 Å². The second-order valence-electron chi connectivity index (χ2n) is 17.1. The van der Waals surface area contributed by atoms with Gasteiger partial charge in [0, 0.05) is 17.5 Å². The van der Waals surface area contributed by atoms with Crippen LogP contribution >= 0.6 is 0 Å².